The summed E-state index contributed by atoms with van der Waals surface area (Å²) >= 11 is 6.08. The fraction of sp³-hybridized carbons (Fsp3) is 0.316. The Morgan fingerprint density at radius 2 is 1.78 bits per heavy atom. The van der Waals surface area contributed by atoms with Crippen LogP contribution in [0.4, 0.5) is 5.69 Å². The number of anilines is 1. The van der Waals surface area contributed by atoms with Crippen molar-refractivity contribution in [2.45, 2.75) is 26.8 Å². The third-order valence-electron chi connectivity index (χ3n) is 3.94. The number of nitrogens with one attached hydrogen (secondary N) is 2. The van der Waals surface area contributed by atoms with Gasteiger partial charge in [-0.05, 0) is 36.6 Å². The Kier molecular flexibility index (Phi) is 6.20. The van der Waals surface area contributed by atoms with E-state index in [9.17, 15) is 4.79 Å². The van der Waals surface area contributed by atoms with Crippen molar-refractivity contribution in [3.63, 3.8) is 0 Å². The van der Waals surface area contributed by atoms with Crippen LogP contribution in [0, 0.1) is 6.92 Å². The van der Waals surface area contributed by atoms with Gasteiger partial charge in [-0.25, -0.2) is 0 Å². The number of hydrogen-bond acceptors (Lipinski definition) is 1. The summed E-state index contributed by atoms with van der Waals surface area (Å²) in [5.74, 6) is -0.00181. The first kappa shape index (κ1) is 17.5. The summed E-state index contributed by atoms with van der Waals surface area (Å²) in [5, 5.41) is 3.61. The van der Waals surface area contributed by atoms with E-state index in [0.717, 1.165) is 29.1 Å². The summed E-state index contributed by atoms with van der Waals surface area (Å²) in [6.45, 7) is 5.30. The summed E-state index contributed by atoms with van der Waals surface area (Å²) < 4.78 is 0. The maximum atomic E-state index is 12.2. The number of halogens is 1. The van der Waals surface area contributed by atoms with Gasteiger partial charge in [-0.15, -0.1) is 0 Å². The van der Waals surface area contributed by atoms with E-state index in [4.69, 9.17) is 11.6 Å². The number of hydrogen-bond donors (Lipinski definition) is 2. The summed E-state index contributed by atoms with van der Waals surface area (Å²) in [7, 11) is 2.03. The van der Waals surface area contributed by atoms with Gasteiger partial charge in [0.05, 0.1) is 7.05 Å². The van der Waals surface area contributed by atoms with Gasteiger partial charge in [0.2, 0.25) is 0 Å². The molecule has 23 heavy (non-hydrogen) atoms. The quantitative estimate of drug-likeness (QED) is 0.838. The van der Waals surface area contributed by atoms with E-state index in [1.165, 1.54) is 11.1 Å². The minimum atomic E-state index is -0.00181. The Labute approximate surface area is 143 Å². The SMILES string of the molecule is CCc1ccc(C[NH+](C)CC(=O)Nc2cccc(Cl)c2C)cc1. The molecule has 0 aliphatic rings. The lowest BCUT2D eigenvalue weighted by molar-refractivity contribution is -0.885. The molecular weight excluding hydrogens is 308 g/mol. The number of likely N-dealkylation sites (N-methyl/N-ethyl adjacent to an activating group) is 1. The summed E-state index contributed by atoms with van der Waals surface area (Å²) in [5.41, 5.74) is 4.25. The fourth-order valence-electron chi connectivity index (χ4n) is 2.52. The average Bonchev–Trinajstić information content (AvgIpc) is 2.52. The van der Waals surface area contributed by atoms with Crippen LogP contribution in [-0.2, 0) is 17.8 Å². The normalized spacial score (nSPS) is 12.0. The third kappa shape index (κ3) is 5.08. The van der Waals surface area contributed by atoms with Crippen molar-refractivity contribution in [2.75, 3.05) is 18.9 Å². The van der Waals surface area contributed by atoms with Crippen LogP contribution in [0.15, 0.2) is 42.5 Å². The van der Waals surface area contributed by atoms with Gasteiger partial charge < -0.3 is 10.2 Å². The van der Waals surface area contributed by atoms with Crippen molar-refractivity contribution in [2.24, 2.45) is 0 Å². The van der Waals surface area contributed by atoms with Crippen LogP contribution in [0.3, 0.4) is 0 Å². The van der Waals surface area contributed by atoms with E-state index < -0.39 is 0 Å². The molecule has 3 nitrogen and oxygen atoms in total. The van der Waals surface area contributed by atoms with E-state index in [2.05, 4.69) is 36.5 Å². The molecule has 2 aromatic carbocycles. The lowest BCUT2D eigenvalue weighted by atomic mass is 10.1. The van der Waals surface area contributed by atoms with Crippen LogP contribution in [0.2, 0.25) is 5.02 Å². The Balaban J connectivity index is 1.90. The molecule has 0 aliphatic heterocycles. The van der Waals surface area contributed by atoms with Crippen molar-refractivity contribution in [1.29, 1.82) is 0 Å². The molecule has 0 spiro atoms. The van der Waals surface area contributed by atoms with Crippen molar-refractivity contribution in [3.8, 4) is 0 Å². The second-order valence-corrected chi connectivity index (χ2v) is 6.35. The summed E-state index contributed by atoms with van der Waals surface area (Å²) in [4.78, 5) is 13.3. The molecule has 0 saturated heterocycles. The number of carbonyl (C=O) groups is 1. The maximum absolute atomic E-state index is 12.2. The molecule has 0 radical (unpaired) electrons. The minimum Gasteiger partial charge on any atom is -0.326 e. The Morgan fingerprint density at radius 1 is 1.13 bits per heavy atom. The molecule has 0 aromatic heterocycles. The van der Waals surface area contributed by atoms with Crippen LogP contribution >= 0.6 is 11.6 Å². The van der Waals surface area contributed by atoms with Gasteiger partial charge in [-0.1, -0.05) is 48.9 Å². The number of quaternary nitrogens is 1. The highest BCUT2D eigenvalue weighted by atomic mass is 35.5. The topological polar surface area (TPSA) is 33.5 Å². The number of carbonyl (C=O) groups excluding carboxylic acids is 1. The molecule has 0 aliphatic carbocycles. The third-order valence-corrected chi connectivity index (χ3v) is 4.35. The van der Waals surface area contributed by atoms with Gasteiger partial charge in [0.1, 0.15) is 6.54 Å². The molecular formula is C19H24ClN2O+. The molecule has 1 amide bonds. The second-order valence-electron chi connectivity index (χ2n) is 5.94. The van der Waals surface area contributed by atoms with Crippen LogP contribution in [0.5, 0.6) is 0 Å². The first-order chi connectivity index (χ1) is 11.0. The fourth-order valence-corrected chi connectivity index (χ4v) is 2.69. The van der Waals surface area contributed by atoms with E-state index in [1.54, 1.807) is 0 Å². The smallest absolute Gasteiger partial charge is 0.279 e. The summed E-state index contributed by atoms with van der Waals surface area (Å²) in [6.07, 6.45) is 1.05. The molecule has 0 fully saturated rings. The first-order valence-electron chi connectivity index (χ1n) is 7.93. The van der Waals surface area contributed by atoms with Crippen molar-refractivity contribution in [1.82, 2.24) is 0 Å². The van der Waals surface area contributed by atoms with Gasteiger partial charge in [-0.2, -0.15) is 0 Å². The van der Waals surface area contributed by atoms with Gasteiger partial charge >= 0.3 is 0 Å². The maximum Gasteiger partial charge on any atom is 0.279 e. The Bertz CT molecular complexity index is 668. The highest BCUT2D eigenvalue weighted by Crippen LogP contribution is 2.22. The van der Waals surface area contributed by atoms with Gasteiger partial charge in [-0.3, -0.25) is 4.79 Å². The highest BCUT2D eigenvalue weighted by molar-refractivity contribution is 6.31. The van der Waals surface area contributed by atoms with E-state index >= 15 is 0 Å². The lowest BCUT2D eigenvalue weighted by Crippen LogP contribution is -3.08. The molecule has 1 unspecified atom stereocenters. The zero-order valence-electron chi connectivity index (χ0n) is 13.9. The monoisotopic (exact) mass is 331 g/mol. The van der Waals surface area contributed by atoms with E-state index in [-0.39, 0.29) is 5.91 Å². The number of amides is 1. The molecule has 2 aromatic rings. The van der Waals surface area contributed by atoms with Gasteiger partial charge in [0.25, 0.3) is 5.91 Å². The zero-order chi connectivity index (χ0) is 16.8. The molecule has 0 heterocycles. The van der Waals surface area contributed by atoms with Gasteiger partial charge in [0, 0.05) is 16.3 Å². The predicted octanol–water partition coefficient (Wildman–Crippen LogP) is 2.86. The molecule has 2 N–H and O–H groups in total. The van der Waals surface area contributed by atoms with Crippen LogP contribution in [0.1, 0.15) is 23.6 Å². The van der Waals surface area contributed by atoms with Crippen LogP contribution in [-0.4, -0.2) is 19.5 Å². The molecule has 0 bridgehead atoms. The molecule has 0 saturated carbocycles. The highest BCUT2D eigenvalue weighted by Gasteiger charge is 2.12. The number of benzene rings is 2. The van der Waals surface area contributed by atoms with E-state index in [1.807, 2.05) is 32.2 Å². The molecule has 2 rings (SSSR count). The van der Waals surface area contributed by atoms with E-state index in [0.29, 0.717) is 11.6 Å². The largest absolute Gasteiger partial charge is 0.326 e. The number of rotatable bonds is 6. The van der Waals surface area contributed by atoms with Crippen molar-refractivity contribution < 1.29 is 9.69 Å². The first-order valence-corrected chi connectivity index (χ1v) is 8.31. The number of aryl methyl sites for hydroxylation is 1. The van der Waals surface area contributed by atoms with Crippen LogP contribution < -0.4 is 10.2 Å². The second kappa shape index (κ2) is 8.14. The Morgan fingerprint density at radius 3 is 2.43 bits per heavy atom. The zero-order valence-corrected chi connectivity index (χ0v) is 14.7. The molecule has 1 atom stereocenters. The standard InChI is InChI=1S/C19H23ClN2O/c1-4-15-8-10-16(11-9-15)12-22(3)13-19(23)21-18-7-5-6-17(20)14(18)2/h5-11H,4,12-13H2,1-3H3,(H,21,23)/p+1. The predicted molar refractivity (Wildman–Crippen MR) is 96.1 cm³/mol. The lowest BCUT2D eigenvalue weighted by Gasteiger charge is -2.15. The van der Waals surface area contributed by atoms with Crippen molar-refractivity contribution >= 4 is 23.2 Å². The molecule has 122 valence electrons. The Hall–Kier alpha value is -1.84. The summed E-state index contributed by atoms with van der Waals surface area (Å²) in [6, 6.07) is 14.1. The van der Waals surface area contributed by atoms with Crippen LogP contribution in [0.25, 0.3) is 0 Å². The minimum absolute atomic E-state index is 0.00181. The molecule has 4 heteroatoms. The van der Waals surface area contributed by atoms with Crippen molar-refractivity contribution in [3.05, 3.63) is 64.2 Å². The average molecular weight is 332 g/mol. The van der Waals surface area contributed by atoms with Gasteiger partial charge in [0.15, 0.2) is 6.54 Å².